The Kier molecular flexibility index (Phi) is 6.01. The van der Waals surface area contributed by atoms with Gasteiger partial charge in [0.1, 0.15) is 11.5 Å². The van der Waals surface area contributed by atoms with Crippen molar-refractivity contribution in [2.75, 3.05) is 38.3 Å². The van der Waals surface area contributed by atoms with Crippen LogP contribution in [0, 0.1) is 0 Å². The Morgan fingerprint density at radius 1 is 1.14 bits per heavy atom. The molecule has 0 unspecified atom stereocenters. The largest absolute Gasteiger partial charge is 0.465 e. The zero-order valence-electron chi connectivity index (χ0n) is 12.8. The number of furan rings is 1. The summed E-state index contributed by atoms with van der Waals surface area (Å²) in [7, 11) is 5.94. The van der Waals surface area contributed by atoms with Crippen LogP contribution in [0.2, 0.25) is 0 Å². The fourth-order valence-corrected chi connectivity index (χ4v) is 2.59. The van der Waals surface area contributed by atoms with E-state index in [4.69, 9.17) is 4.42 Å². The number of aryl methyl sites for hydroxylation is 1. The molecule has 0 radical (unpaired) electrons. The van der Waals surface area contributed by atoms with E-state index >= 15 is 0 Å². The summed E-state index contributed by atoms with van der Waals surface area (Å²) in [5.74, 6) is 3.76. The smallest absolute Gasteiger partial charge is 0.184 e. The fraction of sp³-hybridized carbons (Fsp3) is 0.571. The Bertz CT molecular complexity index is 537. The molecule has 0 amide bonds. The number of hydrogen-bond acceptors (Lipinski definition) is 7. The van der Waals surface area contributed by atoms with Crippen molar-refractivity contribution in [1.82, 2.24) is 13.6 Å². The van der Waals surface area contributed by atoms with E-state index < -0.39 is 0 Å². The zero-order valence-corrected chi connectivity index (χ0v) is 13.7. The van der Waals surface area contributed by atoms with Crippen molar-refractivity contribution in [3.05, 3.63) is 23.7 Å². The van der Waals surface area contributed by atoms with Crippen molar-refractivity contribution >= 4 is 23.4 Å². The van der Waals surface area contributed by atoms with Gasteiger partial charge in [-0.1, -0.05) is 0 Å². The standard InChI is InChI=1S/C14H23N5OS/c1-15-13-14(18-21-17-13)16-9-5-4-6-11-7-8-12(20-11)10-19(2)3/h7-8H,4-6,9-10H2,1-3H3,(H,15,17)(H,16,18). The summed E-state index contributed by atoms with van der Waals surface area (Å²) in [6, 6.07) is 4.14. The zero-order chi connectivity index (χ0) is 15.1. The highest BCUT2D eigenvalue weighted by Gasteiger charge is 2.05. The number of nitrogens with one attached hydrogen (secondary N) is 2. The van der Waals surface area contributed by atoms with Gasteiger partial charge in [-0.3, -0.25) is 0 Å². The van der Waals surface area contributed by atoms with Gasteiger partial charge in [-0.05, 0) is 39.1 Å². The first-order chi connectivity index (χ1) is 10.2. The minimum absolute atomic E-state index is 0.819. The molecule has 0 aliphatic heterocycles. The highest BCUT2D eigenvalue weighted by Crippen LogP contribution is 2.17. The van der Waals surface area contributed by atoms with E-state index in [0.29, 0.717) is 0 Å². The lowest BCUT2D eigenvalue weighted by Gasteiger charge is -2.06. The molecular formula is C14H23N5OS. The predicted molar refractivity (Wildman–Crippen MR) is 87.0 cm³/mol. The molecular weight excluding hydrogens is 286 g/mol. The minimum Gasteiger partial charge on any atom is -0.465 e. The van der Waals surface area contributed by atoms with Crippen molar-refractivity contribution in [1.29, 1.82) is 0 Å². The lowest BCUT2D eigenvalue weighted by atomic mass is 10.2. The van der Waals surface area contributed by atoms with E-state index in [1.807, 2.05) is 21.1 Å². The van der Waals surface area contributed by atoms with Gasteiger partial charge in [0, 0.05) is 20.0 Å². The molecule has 2 aromatic heterocycles. The topological polar surface area (TPSA) is 66.2 Å². The van der Waals surface area contributed by atoms with Crippen molar-refractivity contribution in [2.45, 2.75) is 25.8 Å². The summed E-state index contributed by atoms with van der Waals surface area (Å²) < 4.78 is 14.1. The molecule has 0 spiro atoms. The van der Waals surface area contributed by atoms with E-state index in [0.717, 1.165) is 55.5 Å². The molecule has 0 aliphatic rings. The Morgan fingerprint density at radius 3 is 2.67 bits per heavy atom. The predicted octanol–water partition coefficient (Wildman–Crippen LogP) is 2.67. The van der Waals surface area contributed by atoms with Gasteiger partial charge in [-0.15, -0.1) is 0 Å². The molecule has 2 rings (SSSR count). The van der Waals surface area contributed by atoms with Crippen molar-refractivity contribution in [3.63, 3.8) is 0 Å². The molecule has 0 aromatic carbocycles. The number of nitrogens with zero attached hydrogens (tertiary/aromatic N) is 3. The number of aromatic nitrogens is 2. The molecule has 0 fully saturated rings. The van der Waals surface area contributed by atoms with Crippen LogP contribution in [-0.2, 0) is 13.0 Å². The van der Waals surface area contributed by atoms with E-state index in [2.05, 4.69) is 36.4 Å². The Morgan fingerprint density at radius 2 is 1.90 bits per heavy atom. The average Bonchev–Trinajstić information content (AvgIpc) is 3.07. The molecule has 0 saturated heterocycles. The molecule has 2 aromatic rings. The van der Waals surface area contributed by atoms with Gasteiger partial charge in [0.2, 0.25) is 0 Å². The molecule has 2 heterocycles. The molecule has 7 heteroatoms. The van der Waals surface area contributed by atoms with Crippen molar-refractivity contribution < 1.29 is 4.42 Å². The van der Waals surface area contributed by atoms with Crippen LogP contribution >= 0.6 is 11.7 Å². The summed E-state index contributed by atoms with van der Waals surface area (Å²) in [5, 5.41) is 6.31. The Balaban J connectivity index is 1.64. The first-order valence-corrected chi connectivity index (χ1v) is 7.88. The second-order valence-corrected chi connectivity index (χ2v) is 5.73. The summed E-state index contributed by atoms with van der Waals surface area (Å²) in [6.07, 6.45) is 3.14. The van der Waals surface area contributed by atoms with E-state index in [1.54, 1.807) is 0 Å². The molecule has 0 atom stereocenters. The average molecular weight is 309 g/mol. The van der Waals surface area contributed by atoms with Gasteiger partial charge in [-0.2, -0.15) is 8.75 Å². The molecule has 6 nitrogen and oxygen atoms in total. The minimum atomic E-state index is 0.819. The van der Waals surface area contributed by atoms with Crippen LogP contribution in [0.15, 0.2) is 16.5 Å². The summed E-state index contributed by atoms with van der Waals surface area (Å²) in [5.41, 5.74) is 0. The SMILES string of the molecule is CNc1nsnc1NCCCCc1ccc(CN(C)C)o1. The molecule has 0 aliphatic carbocycles. The van der Waals surface area contributed by atoms with Crippen LogP contribution in [0.4, 0.5) is 11.6 Å². The number of rotatable bonds is 9. The second kappa shape index (κ2) is 7.99. The first kappa shape index (κ1) is 15.8. The fourth-order valence-electron chi connectivity index (χ4n) is 2.05. The van der Waals surface area contributed by atoms with Gasteiger partial charge < -0.3 is 20.0 Å². The maximum atomic E-state index is 5.79. The van der Waals surface area contributed by atoms with Crippen LogP contribution in [0.1, 0.15) is 24.4 Å². The third-order valence-electron chi connectivity index (χ3n) is 3.06. The third-order valence-corrected chi connectivity index (χ3v) is 3.59. The van der Waals surface area contributed by atoms with Gasteiger partial charge in [0.15, 0.2) is 11.6 Å². The Hall–Kier alpha value is -1.60. The maximum absolute atomic E-state index is 5.79. The third kappa shape index (κ3) is 5.02. The molecule has 2 N–H and O–H groups in total. The Labute approximate surface area is 129 Å². The van der Waals surface area contributed by atoms with Crippen LogP contribution in [0.25, 0.3) is 0 Å². The van der Waals surface area contributed by atoms with E-state index in [1.165, 1.54) is 11.7 Å². The van der Waals surface area contributed by atoms with Gasteiger partial charge in [0.05, 0.1) is 18.3 Å². The molecule has 21 heavy (non-hydrogen) atoms. The van der Waals surface area contributed by atoms with E-state index in [9.17, 15) is 0 Å². The molecule has 0 bridgehead atoms. The monoisotopic (exact) mass is 309 g/mol. The highest BCUT2D eigenvalue weighted by molar-refractivity contribution is 6.99. The van der Waals surface area contributed by atoms with Crippen molar-refractivity contribution in [2.24, 2.45) is 0 Å². The highest BCUT2D eigenvalue weighted by atomic mass is 32.1. The van der Waals surface area contributed by atoms with Gasteiger partial charge >= 0.3 is 0 Å². The van der Waals surface area contributed by atoms with Gasteiger partial charge in [0.25, 0.3) is 0 Å². The lowest BCUT2D eigenvalue weighted by molar-refractivity contribution is 0.341. The van der Waals surface area contributed by atoms with Gasteiger partial charge in [-0.25, -0.2) is 0 Å². The molecule has 0 saturated carbocycles. The normalized spacial score (nSPS) is 11.0. The van der Waals surface area contributed by atoms with Crippen molar-refractivity contribution in [3.8, 4) is 0 Å². The van der Waals surface area contributed by atoms with E-state index in [-0.39, 0.29) is 0 Å². The first-order valence-electron chi connectivity index (χ1n) is 7.15. The summed E-state index contributed by atoms with van der Waals surface area (Å²) >= 11 is 1.21. The maximum Gasteiger partial charge on any atom is 0.184 e. The quantitative estimate of drug-likeness (QED) is 0.694. The number of hydrogen-bond donors (Lipinski definition) is 2. The van der Waals surface area contributed by atoms with Crippen LogP contribution in [0.3, 0.4) is 0 Å². The van der Waals surface area contributed by atoms with Crippen LogP contribution < -0.4 is 10.6 Å². The van der Waals surface area contributed by atoms with Crippen LogP contribution in [0.5, 0.6) is 0 Å². The number of unbranched alkanes of at least 4 members (excludes halogenated alkanes) is 1. The van der Waals surface area contributed by atoms with Crippen LogP contribution in [-0.4, -0.2) is 41.3 Å². The number of anilines is 2. The summed E-state index contributed by atoms with van der Waals surface area (Å²) in [4.78, 5) is 2.10. The second-order valence-electron chi connectivity index (χ2n) is 5.20. The summed E-state index contributed by atoms with van der Waals surface area (Å²) in [6.45, 7) is 1.75. The molecule has 116 valence electrons. The lowest BCUT2D eigenvalue weighted by Crippen LogP contribution is -2.09.